The van der Waals surface area contributed by atoms with Gasteiger partial charge in [-0.1, -0.05) is 54.6 Å². The number of nitrogens with zero attached hydrogens (tertiary/aromatic N) is 1. The highest BCUT2D eigenvalue weighted by atomic mass is 19.4. The first-order valence-electron chi connectivity index (χ1n) is 11.5. The predicted octanol–water partition coefficient (Wildman–Crippen LogP) is 6.30. The predicted molar refractivity (Wildman–Crippen MR) is 134 cm³/mol. The summed E-state index contributed by atoms with van der Waals surface area (Å²) < 4.78 is 47.5. The summed E-state index contributed by atoms with van der Waals surface area (Å²) in [6, 6.07) is 20.9. The van der Waals surface area contributed by atoms with Crippen LogP contribution in [0.15, 0.2) is 72.8 Å². The molecule has 192 valence electrons. The molecule has 0 amide bonds. The summed E-state index contributed by atoms with van der Waals surface area (Å²) in [6.07, 6.45) is -5.06. The van der Waals surface area contributed by atoms with Gasteiger partial charge in [0.25, 0.3) is 0 Å². The Bertz CT molecular complexity index is 1400. The van der Waals surface area contributed by atoms with Crippen LogP contribution in [0.25, 0.3) is 22.4 Å². The number of ether oxygens (including phenoxy) is 1. The number of aliphatic carboxylic acids is 1. The fourth-order valence-corrected chi connectivity index (χ4v) is 4.02. The lowest BCUT2D eigenvalue weighted by atomic mass is 9.99. The third-order valence-corrected chi connectivity index (χ3v) is 5.96. The number of carbonyl (C=O) groups is 1. The summed E-state index contributed by atoms with van der Waals surface area (Å²) in [5, 5.41) is 9.10. The first-order valence-corrected chi connectivity index (χ1v) is 11.5. The number of aryl methyl sites for hydroxylation is 1. The monoisotopic (exact) mass is 509 g/mol. The maximum absolute atomic E-state index is 14.0. The third kappa shape index (κ3) is 6.00. The number of carboxylic acid groups (broad SMARTS) is 1. The molecule has 0 aliphatic rings. The largest absolute Gasteiger partial charge is 0.488 e. The van der Waals surface area contributed by atoms with Crippen LogP contribution in [0.1, 0.15) is 36.0 Å². The number of aromatic nitrogens is 2. The van der Waals surface area contributed by atoms with Crippen LogP contribution >= 0.6 is 0 Å². The molecular weight excluding hydrogens is 483 g/mol. The second-order valence-corrected chi connectivity index (χ2v) is 9.11. The Labute approximate surface area is 211 Å². The average Bonchev–Trinajstić information content (AvgIpc) is 3.25. The van der Waals surface area contributed by atoms with Gasteiger partial charge in [0.2, 0.25) is 0 Å². The standard InChI is InChI=1S/C28H26F3N3O3/c1-17-25(34-26(33-17)27(2,32)15-24(35)36)21-12-13-23(22(14-21)28(29,30)31)37-16-18-8-10-20(11-9-18)19-6-4-3-5-7-19/h3-14H,15-16,32H2,1-2H3,(H,33,34)(H,35,36)/t27-/m0/s1. The van der Waals surface area contributed by atoms with E-state index in [-0.39, 0.29) is 29.4 Å². The molecule has 0 radical (unpaired) electrons. The van der Waals surface area contributed by atoms with Crippen molar-refractivity contribution >= 4 is 5.97 Å². The molecule has 4 aromatic rings. The van der Waals surface area contributed by atoms with E-state index in [1.54, 1.807) is 6.92 Å². The number of nitrogens with one attached hydrogen (secondary N) is 1. The van der Waals surface area contributed by atoms with Gasteiger partial charge in [0.05, 0.1) is 23.2 Å². The quantitative estimate of drug-likeness (QED) is 0.259. The Balaban J connectivity index is 1.57. The Morgan fingerprint density at radius 1 is 1.00 bits per heavy atom. The van der Waals surface area contributed by atoms with E-state index < -0.39 is 29.7 Å². The van der Waals surface area contributed by atoms with Crippen LogP contribution in [0.5, 0.6) is 5.75 Å². The van der Waals surface area contributed by atoms with E-state index in [0.29, 0.717) is 5.69 Å². The molecule has 0 saturated carbocycles. The van der Waals surface area contributed by atoms with Gasteiger partial charge in [-0.05, 0) is 48.7 Å². The second-order valence-electron chi connectivity index (χ2n) is 9.11. The molecule has 4 N–H and O–H groups in total. The van der Waals surface area contributed by atoms with Crippen molar-refractivity contribution in [3.63, 3.8) is 0 Å². The van der Waals surface area contributed by atoms with Crippen molar-refractivity contribution in [2.45, 2.75) is 38.6 Å². The summed E-state index contributed by atoms with van der Waals surface area (Å²) in [5.41, 5.74) is 7.53. The summed E-state index contributed by atoms with van der Waals surface area (Å²) >= 11 is 0. The van der Waals surface area contributed by atoms with Crippen molar-refractivity contribution in [3.05, 3.63) is 95.4 Å². The highest BCUT2D eigenvalue weighted by Gasteiger charge is 2.35. The topological polar surface area (TPSA) is 101 Å². The van der Waals surface area contributed by atoms with Crippen molar-refractivity contribution in [2.75, 3.05) is 0 Å². The van der Waals surface area contributed by atoms with Crippen LogP contribution in [0.4, 0.5) is 13.2 Å². The van der Waals surface area contributed by atoms with Crippen molar-refractivity contribution in [1.29, 1.82) is 0 Å². The zero-order chi connectivity index (χ0) is 26.8. The number of rotatable bonds is 8. The number of nitrogens with two attached hydrogens (primary N) is 1. The van der Waals surface area contributed by atoms with Gasteiger partial charge in [-0.25, -0.2) is 4.98 Å². The number of aromatic amines is 1. The van der Waals surface area contributed by atoms with Gasteiger partial charge < -0.3 is 20.6 Å². The van der Waals surface area contributed by atoms with Crippen molar-refractivity contribution in [2.24, 2.45) is 5.73 Å². The normalized spacial score (nSPS) is 13.2. The van der Waals surface area contributed by atoms with Gasteiger partial charge >= 0.3 is 12.1 Å². The molecule has 0 aliphatic carbocycles. The summed E-state index contributed by atoms with van der Waals surface area (Å²) in [5.74, 6) is -1.24. The van der Waals surface area contributed by atoms with E-state index in [0.717, 1.165) is 22.8 Å². The summed E-state index contributed by atoms with van der Waals surface area (Å²) in [4.78, 5) is 18.4. The van der Waals surface area contributed by atoms with E-state index in [1.165, 1.54) is 19.1 Å². The Morgan fingerprint density at radius 2 is 1.62 bits per heavy atom. The van der Waals surface area contributed by atoms with E-state index in [4.69, 9.17) is 15.6 Å². The fraction of sp³-hybridized carbons (Fsp3) is 0.214. The maximum Gasteiger partial charge on any atom is 0.419 e. The molecule has 0 spiro atoms. The first-order chi connectivity index (χ1) is 17.4. The molecule has 1 heterocycles. The molecule has 1 aromatic heterocycles. The van der Waals surface area contributed by atoms with Crippen LogP contribution in [-0.4, -0.2) is 21.0 Å². The van der Waals surface area contributed by atoms with Gasteiger partial charge in [0.1, 0.15) is 18.2 Å². The van der Waals surface area contributed by atoms with Gasteiger partial charge in [-0.2, -0.15) is 13.2 Å². The molecule has 37 heavy (non-hydrogen) atoms. The molecule has 0 saturated heterocycles. The van der Waals surface area contributed by atoms with Gasteiger partial charge in [0.15, 0.2) is 0 Å². The lowest BCUT2D eigenvalue weighted by molar-refractivity contribution is -0.139. The zero-order valence-electron chi connectivity index (χ0n) is 20.3. The Hall–Kier alpha value is -4.11. The van der Waals surface area contributed by atoms with Gasteiger partial charge in [-0.3, -0.25) is 4.79 Å². The van der Waals surface area contributed by atoms with Crippen molar-refractivity contribution in [1.82, 2.24) is 9.97 Å². The van der Waals surface area contributed by atoms with Crippen LogP contribution in [0.2, 0.25) is 0 Å². The lowest BCUT2D eigenvalue weighted by Crippen LogP contribution is -2.36. The number of alkyl halides is 3. The van der Waals surface area contributed by atoms with Crippen molar-refractivity contribution in [3.8, 4) is 28.1 Å². The minimum absolute atomic E-state index is 0.0379. The maximum atomic E-state index is 14.0. The van der Waals surface area contributed by atoms with E-state index in [2.05, 4.69) is 9.97 Å². The molecule has 0 bridgehead atoms. The molecule has 0 fully saturated rings. The molecule has 1 atom stereocenters. The second kappa shape index (κ2) is 10.1. The van der Waals surface area contributed by atoms with Gasteiger partial charge in [0, 0.05) is 11.3 Å². The van der Waals surface area contributed by atoms with Crippen LogP contribution in [0, 0.1) is 6.92 Å². The molecule has 4 rings (SSSR count). The van der Waals surface area contributed by atoms with Crippen LogP contribution < -0.4 is 10.5 Å². The third-order valence-electron chi connectivity index (χ3n) is 5.96. The number of hydrogen-bond acceptors (Lipinski definition) is 4. The molecular formula is C28H26F3N3O3. The number of hydrogen-bond donors (Lipinski definition) is 3. The zero-order valence-corrected chi connectivity index (χ0v) is 20.3. The smallest absolute Gasteiger partial charge is 0.419 e. The summed E-state index contributed by atoms with van der Waals surface area (Å²) in [7, 11) is 0. The minimum atomic E-state index is -4.67. The molecule has 3 aromatic carbocycles. The van der Waals surface area contributed by atoms with Crippen molar-refractivity contribution < 1.29 is 27.8 Å². The Kier molecular flexibility index (Phi) is 7.09. The average molecular weight is 510 g/mol. The number of carboxylic acids is 1. The molecule has 6 nitrogen and oxygen atoms in total. The van der Waals surface area contributed by atoms with Gasteiger partial charge in [-0.15, -0.1) is 0 Å². The first kappa shape index (κ1) is 26.0. The van der Waals surface area contributed by atoms with E-state index in [1.807, 2.05) is 54.6 Å². The number of imidazole rings is 1. The highest BCUT2D eigenvalue weighted by molar-refractivity contribution is 5.69. The van der Waals surface area contributed by atoms with E-state index in [9.17, 15) is 18.0 Å². The molecule has 0 unspecified atom stereocenters. The minimum Gasteiger partial charge on any atom is -0.488 e. The number of halogens is 3. The van der Waals surface area contributed by atoms with Crippen LogP contribution in [0.3, 0.4) is 0 Å². The molecule has 0 aliphatic heterocycles. The fourth-order valence-electron chi connectivity index (χ4n) is 4.02. The highest BCUT2D eigenvalue weighted by Crippen LogP contribution is 2.39. The van der Waals surface area contributed by atoms with E-state index >= 15 is 0 Å². The molecule has 9 heteroatoms. The SMILES string of the molecule is Cc1[nH]c([C@@](C)(N)CC(=O)O)nc1-c1ccc(OCc2ccc(-c3ccccc3)cc2)c(C(F)(F)F)c1. The number of benzene rings is 3. The van der Waals surface area contributed by atoms with Crippen LogP contribution in [-0.2, 0) is 23.1 Å². The number of H-pyrrole nitrogens is 1. The lowest BCUT2D eigenvalue weighted by Gasteiger charge is -2.19. The Morgan fingerprint density at radius 3 is 2.24 bits per heavy atom. The summed E-state index contributed by atoms with van der Waals surface area (Å²) in [6.45, 7) is 3.09.